The van der Waals surface area contributed by atoms with E-state index in [0.717, 1.165) is 37.5 Å². The van der Waals surface area contributed by atoms with E-state index in [2.05, 4.69) is 11.8 Å². The van der Waals surface area contributed by atoms with Crippen molar-refractivity contribution in [3.8, 4) is 0 Å². The van der Waals surface area contributed by atoms with Gasteiger partial charge in [0.25, 0.3) is 5.69 Å². The van der Waals surface area contributed by atoms with Crippen LogP contribution in [0.3, 0.4) is 0 Å². The summed E-state index contributed by atoms with van der Waals surface area (Å²) in [4.78, 5) is 12.6. The van der Waals surface area contributed by atoms with Gasteiger partial charge in [-0.2, -0.15) is 0 Å². The van der Waals surface area contributed by atoms with Crippen LogP contribution in [0.15, 0.2) is 18.2 Å². The topological polar surface area (TPSA) is 66.6 Å². The number of non-ortho nitro benzene ring substituents is 1. The van der Waals surface area contributed by atoms with E-state index in [-0.39, 0.29) is 12.3 Å². The van der Waals surface area contributed by atoms with Crippen LogP contribution in [0, 0.1) is 16.0 Å². The lowest BCUT2D eigenvalue weighted by molar-refractivity contribution is -0.384. The van der Waals surface area contributed by atoms with Crippen molar-refractivity contribution in [3.63, 3.8) is 0 Å². The number of nitro groups is 1. The highest BCUT2D eigenvalue weighted by molar-refractivity contribution is 5.58. The predicted octanol–water partition coefficient (Wildman–Crippen LogP) is 3.10. The molecule has 0 spiro atoms. The SMILES string of the molecule is CCCC1CCN(c2ccc([N+](=O)[O-])cc2CO)CC1. The van der Waals surface area contributed by atoms with Crippen LogP contribution < -0.4 is 4.90 Å². The molecule has 1 aromatic rings. The smallest absolute Gasteiger partial charge is 0.269 e. The average Bonchev–Trinajstić information content (AvgIpc) is 2.47. The molecular weight excluding hydrogens is 256 g/mol. The van der Waals surface area contributed by atoms with Crippen molar-refractivity contribution in [2.45, 2.75) is 39.2 Å². The Bertz CT molecular complexity index is 468. The molecule has 0 aliphatic carbocycles. The summed E-state index contributed by atoms with van der Waals surface area (Å²) in [6.45, 7) is 3.99. The number of nitro benzene ring substituents is 1. The van der Waals surface area contributed by atoms with Gasteiger partial charge in [-0.05, 0) is 24.8 Å². The number of benzene rings is 1. The van der Waals surface area contributed by atoms with Gasteiger partial charge in [-0.15, -0.1) is 0 Å². The Kier molecular flexibility index (Phi) is 4.95. The molecule has 1 N–H and O–H groups in total. The van der Waals surface area contributed by atoms with Crippen LogP contribution in [0.1, 0.15) is 38.2 Å². The molecule has 0 atom stereocenters. The zero-order chi connectivity index (χ0) is 14.5. The maximum Gasteiger partial charge on any atom is 0.269 e. The second-order valence-electron chi connectivity index (χ2n) is 5.45. The molecule has 5 nitrogen and oxygen atoms in total. The van der Waals surface area contributed by atoms with Crippen molar-refractivity contribution in [3.05, 3.63) is 33.9 Å². The number of piperidine rings is 1. The fourth-order valence-electron chi connectivity index (χ4n) is 2.99. The van der Waals surface area contributed by atoms with Crippen LogP contribution in [0.2, 0.25) is 0 Å². The monoisotopic (exact) mass is 278 g/mol. The molecule has 0 radical (unpaired) electrons. The van der Waals surface area contributed by atoms with Gasteiger partial charge in [-0.3, -0.25) is 10.1 Å². The van der Waals surface area contributed by atoms with Gasteiger partial charge < -0.3 is 10.0 Å². The summed E-state index contributed by atoms with van der Waals surface area (Å²) in [7, 11) is 0. The van der Waals surface area contributed by atoms with Gasteiger partial charge in [0.1, 0.15) is 0 Å². The second kappa shape index (κ2) is 6.70. The number of rotatable bonds is 5. The molecule has 0 aromatic heterocycles. The van der Waals surface area contributed by atoms with Crippen LogP contribution in [0.4, 0.5) is 11.4 Å². The fraction of sp³-hybridized carbons (Fsp3) is 0.600. The minimum Gasteiger partial charge on any atom is -0.392 e. The van der Waals surface area contributed by atoms with E-state index in [0.29, 0.717) is 5.56 Å². The number of hydrogen-bond donors (Lipinski definition) is 1. The molecule has 5 heteroatoms. The number of aliphatic hydroxyl groups is 1. The lowest BCUT2D eigenvalue weighted by Gasteiger charge is -2.34. The van der Waals surface area contributed by atoms with Crippen LogP contribution in [-0.2, 0) is 6.61 Å². The third kappa shape index (κ3) is 3.28. The quantitative estimate of drug-likeness (QED) is 0.664. The van der Waals surface area contributed by atoms with Crippen molar-refractivity contribution < 1.29 is 10.0 Å². The van der Waals surface area contributed by atoms with E-state index in [1.54, 1.807) is 6.07 Å². The molecule has 0 unspecified atom stereocenters. The van der Waals surface area contributed by atoms with Gasteiger partial charge in [0.2, 0.25) is 0 Å². The summed E-state index contributed by atoms with van der Waals surface area (Å²) < 4.78 is 0. The molecular formula is C15H22N2O3. The highest BCUT2D eigenvalue weighted by Gasteiger charge is 2.21. The van der Waals surface area contributed by atoms with Gasteiger partial charge >= 0.3 is 0 Å². The first-order chi connectivity index (χ1) is 9.65. The summed E-state index contributed by atoms with van der Waals surface area (Å²) in [5, 5.41) is 20.2. The molecule has 1 aromatic carbocycles. The third-order valence-corrected chi connectivity index (χ3v) is 4.10. The Morgan fingerprint density at radius 1 is 1.40 bits per heavy atom. The van der Waals surface area contributed by atoms with E-state index in [1.165, 1.54) is 25.0 Å². The highest BCUT2D eigenvalue weighted by atomic mass is 16.6. The minimum absolute atomic E-state index is 0.0404. The standard InChI is InChI=1S/C15H22N2O3/c1-2-3-12-6-8-16(9-7-12)15-5-4-14(17(19)20)10-13(15)11-18/h4-5,10,12,18H,2-3,6-9,11H2,1H3. The molecule has 1 aliphatic rings. The zero-order valence-electron chi connectivity index (χ0n) is 11.9. The number of hydrogen-bond acceptors (Lipinski definition) is 4. The Labute approximate surface area is 119 Å². The Hall–Kier alpha value is -1.62. The van der Waals surface area contributed by atoms with Crippen LogP contribution in [-0.4, -0.2) is 23.1 Å². The van der Waals surface area contributed by atoms with Gasteiger partial charge in [0, 0.05) is 36.5 Å². The molecule has 1 heterocycles. The first kappa shape index (κ1) is 14.8. The minimum atomic E-state index is -0.420. The van der Waals surface area contributed by atoms with Crippen LogP contribution >= 0.6 is 0 Å². The normalized spacial score (nSPS) is 16.4. The largest absolute Gasteiger partial charge is 0.392 e. The van der Waals surface area contributed by atoms with E-state index < -0.39 is 4.92 Å². The van der Waals surface area contributed by atoms with E-state index >= 15 is 0 Å². The molecule has 0 amide bonds. The first-order valence-electron chi connectivity index (χ1n) is 7.28. The summed E-state index contributed by atoms with van der Waals surface area (Å²) in [6, 6.07) is 4.77. The lowest BCUT2D eigenvalue weighted by atomic mass is 9.92. The maximum atomic E-state index is 10.8. The Morgan fingerprint density at radius 2 is 2.10 bits per heavy atom. The number of nitrogens with zero attached hydrogens (tertiary/aromatic N) is 2. The Morgan fingerprint density at radius 3 is 2.65 bits per heavy atom. The first-order valence-corrected chi connectivity index (χ1v) is 7.28. The van der Waals surface area contributed by atoms with Crippen LogP contribution in [0.5, 0.6) is 0 Å². The Balaban J connectivity index is 2.11. The van der Waals surface area contributed by atoms with Crippen molar-refractivity contribution >= 4 is 11.4 Å². The van der Waals surface area contributed by atoms with Crippen LogP contribution in [0.25, 0.3) is 0 Å². The summed E-state index contributed by atoms with van der Waals surface area (Å²) in [6.07, 6.45) is 4.83. The van der Waals surface area contributed by atoms with E-state index in [9.17, 15) is 15.2 Å². The summed E-state index contributed by atoms with van der Waals surface area (Å²) in [5.41, 5.74) is 1.62. The number of anilines is 1. The van der Waals surface area contributed by atoms with Crippen molar-refractivity contribution in [1.82, 2.24) is 0 Å². The van der Waals surface area contributed by atoms with Gasteiger partial charge in [0.05, 0.1) is 11.5 Å². The van der Waals surface area contributed by atoms with Gasteiger partial charge in [-0.25, -0.2) is 0 Å². The maximum absolute atomic E-state index is 10.8. The molecule has 0 bridgehead atoms. The van der Waals surface area contributed by atoms with Gasteiger partial charge in [-0.1, -0.05) is 19.8 Å². The second-order valence-corrected chi connectivity index (χ2v) is 5.45. The molecule has 1 aliphatic heterocycles. The molecule has 20 heavy (non-hydrogen) atoms. The third-order valence-electron chi connectivity index (χ3n) is 4.10. The average molecular weight is 278 g/mol. The molecule has 0 saturated carbocycles. The van der Waals surface area contributed by atoms with Crippen molar-refractivity contribution in [2.75, 3.05) is 18.0 Å². The lowest BCUT2D eigenvalue weighted by Crippen LogP contribution is -2.34. The van der Waals surface area contributed by atoms with Crippen molar-refractivity contribution in [1.29, 1.82) is 0 Å². The highest BCUT2D eigenvalue weighted by Crippen LogP contribution is 2.30. The predicted molar refractivity (Wildman–Crippen MR) is 78.9 cm³/mol. The summed E-state index contributed by atoms with van der Waals surface area (Å²) >= 11 is 0. The molecule has 1 fully saturated rings. The van der Waals surface area contributed by atoms with E-state index in [1.807, 2.05) is 0 Å². The zero-order valence-corrected chi connectivity index (χ0v) is 11.9. The molecule has 110 valence electrons. The molecule has 2 rings (SSSR count). The van der Waals surface area contributed by atoms with E-state index in [4.69, 9.17) is 0 Å². The number of aliphatic hydroxyl groups excluding tert-OH is 1. The van der Waals surface area contributed by atoms with Crippen molar-refractivity contribution in [2.24, 2.45) is 5.92 Å². The summed E-state index contributed by atoms with van der Waals surface area (Å²) in [5.74, 6) is 0.798. The fourth-order valence-corrected chi connectivity index (χ4v) is 2.99. The van der Waals surface area contributed by atoms with Gasteiger partial charge in [0.15, 0.2) is 0 Å². The molecule has 1 saturated heterocycles.